The molecule has 2 N–H and O–H groups in total. The van der Waals surface area contributed by atoms with E-state index in [-0.39, 0.29) is 11.7 Å². The molecule has 5 nitrogen and oxygen atoms in total. The fourth-order valence-corrected chi connectivity index (χ4v) is 2.18. The maximum Gasteiger partial charge on any atom is 0.292 e. The number of furan rings is 1. The molecule has 2 heterocycles. The number of hydrogen-bond donors (Lipinski definition) is 2. The van der Waals surface area contributed by atoms with Crippen LogP contribution in [0, 0.1) is 6.92 Å². The lowest BCUT2D eigenvalue weighted by molar-refractivity contribution is 0.0996. The maximum atomic E-state index is 11.8. The van der Waals surface area contributed by atoms with E-state index in [1.807, 2.05) is 12.1 Å². The number of rotatable bonds is 5. The smallest absolute Gasteiger partial charge is 0.292 e. The SMILES string of the molecule is Cc1cccc(CNc2ccc(NC(=O)c3ccco3)nc2)c1. The predicted molar refractivity (Wildman–Crippen MR) is 89.4 cm³/mol. The number of amides is 1. The van der Waals surface area contributed by atoms with E-state index in [4.69, 9.17) is 4.42 Å². The Bertz CT molecular complexity index is 780. The minimum atomic E-state index is -0.317. The third-order valence-electron chi connectivity index (χ3n) is 3.33. The summed E-state index contributed by atoms with van der Waals surface area (Å²) in [6, 6.07) is 15.2. The van der Waals surface area contributed by atoms with Crippen molar-refractivity contribution >= 4 is 17.4 Å². The Balaban J connectivity index is 1.58. The first-order chi connectivity index (χ1) is 11.2. The Morgan fingerprint density at radius 2 is 2.09 bits per heavy atom. The van der Waals surface area contributed by atoms with Gasteiger partial charge in [0.05, 0.1) is 18.1 Å². The van der Waals surface area contributed by atoms with Gasteiger partial charge in [0.2, 0.25) is 0 Å². The van der Waals surface area contributed by atoms with Crippen molar-refractivity contribution in [3.05, 3.63) is 77.9 Å². The van der Waals surface area contributed by atoms with Crippen LogP contribution in [0.2, 0.25) is 0 Å². The molecule has 0 unspecified atom stereocenters. The Kier molecular flexibility index (Phi) is 4.38. The van der Waals surface area contributed by atoms with Crippen LogP contribution in [0.15, 0.2) is 65.4 Å². The molecule has 0 saturated carbocycles. The van der Waals surface area contributed by atoms with Crippen LogP contribution in [0.4, 0.5) is 11.5 Å². The fourth-order valence-electron chi connectivity index (χ4n) is 2.18. The summed E-state index contributed by atoms with van der Waals surface area (Å²) in [7, 11) is 0. The number of hydrogen-bond acceptors (Lipinski definition) is 4. The molecule has 0 saturated heterocycles. The summed E-state index contributed by atoms with van der Waals surface area (Å²) >= 11 is 0. The highest BCUT2D eigenvalue weighted by Crippen LogP contribution is 2.13. The van der Waals surface area contributed by atoms with Crippen LogP contribution in [0.1, 0.15) is 21.7 Å². The second-order valence-electron chi connectivity index (χ2n) is 5.21. The van der Waals surface area contributed by atoms with Crippen molar-refractivity contribution in [2.75, 3.05) is 10.6 Å². The van der Waals surface area contributed by atoms with Crippen LogP contribution in [-0.4, -0.2) is 10.9 Å². The van der Waals surface area contributed by atoms with Crippen LogP contribution >= 0.6 is 0 Å². The van der Waals surface area contributed by atoms with Crippen molar-refractivity contribution in [3.8, 4) is 0 Å². The number of anilines is 2. The number of nitrogens with one attached hydrogen (secondary N) is 2. The average Bonchev–Trinajstić information content (AvgIpc) is 3.09. The molecule has 0 atom stereocenters. The Morgan fingerprint density at radius 3 is 2.78 bits per heavy atom. The molecular weight excluding hydrogens is 290 g/mol. The molecule has 116 valence electrons. The van der Waals surface area contributed by atoms with Gasteiger partial charge in [0, 0.05) is 6.54 Å². The van der Waals surface area contributed by atoms with E-state index in [1.54, 1.807) is 24.4 Å². The van der Waals surface area contributed by atoms with Crippen molar-refractivity contribution in [2.24, 2.45) is 0 Å². The van der Waals surface area contributed by atoms with Gasteiger partial charge in [-0.2, -0.15) is 0 Å². The Labute approximate surface area is 134 Å². The molecule has 23 heavy (non-hydrogen) atoms. The molecule has 3 rings (SSSR count). The topological polar surface area (TPSA) is 67.2 Å². The van der Waals surface area contributed by atoms with Gasteiger partial charge < -0.3 is 15.1 Å². The molecule has 0 bridgehead atoms. The van der Waals surface area contributed by atoms with E-state index >= 15 is 0 Å². The quantitative estimate of drug-likeness (QED) is 0.751. The van der Waals surface area contributed by atoms with Gasteiger partial charge in [-0.1, -0.05) is 29.8 Å². The monoisotopic (exact) mass is 307 g/mol. The maximum absolute atomic E-state index is 11.8. The van der Waals surface area contributed by atoms with Gasteiger partial charge >= 0.3 is 0 Å². The van der Waals surface area contributed by atoms with E-state index in [2.05, 4.69) is 40.7 Å². The van der Waals surface area contributed by atoms with E-state index < -0.39 is 0 Å². The minimum Gasteiger partial charge on any atom is -0.459 e. The minimum absolute atomic E-state index is 0.258. The summed E-state index contributed by atoms with van der Waals surface area (Å²) in [5, 5.41) is 5.98. The highest BCUT2D eigenvalue weighted by atomic mass is 16.3. The van der Waals surface area contributed by atoms with Crippen LogP contribution in [0.3, 0.4) is 0 Å². The first-order valence-electron chi connectivity index (χ1n) is 7.31. The third-order valence-corrected chi connectivity index (χ3v) is 3.33. The van der Waals surface area contributed by atoms with Gasteiger partial charge in [-0.15, -0.1) is 0 Å². The zero-order valence-corrected chi connectivity index (χ0v) is 12.7. The number of pyridine rings is 1. The summed E-state index contributed by atoms with van der Waals surface area (Å²) in [5.41, 5.74) is 3.33. The number of aromatic nitrogens is 1. The lowest BCUT2D eigenvalue weighted by Crippen LogP contribution is -2.12. The molecule has 0 fully saturated rings. The zero-order valence-electron chi connectivity index (χ0n) is 12.7. The first-order valence-corrected chi connectivity index (χ1v) is 7.31. The van der Waals surface area contributed by atoms with Gasteiger partial charge in [-0.05, 0) is 36.8 Å². The molecule has 0 aliphatic carbocycles. The van der Waals surface area contributed by atoms with Crippen molar-refractivity contribution in [1.29, 1.82) is 0 Å². The summed E-state index contributed by atoms with van der Waals surface area (Å²) in [4.78, 5) is 16.1. The highest BCUT2D eigenvalue weighted by molar-refractivity contribution is 6.01. The normalized spacial score (nSPS) is 10.3. The number of carbonyl (C=O) groups excluding carboxylic acids is 1. The molecule has 1 amide bonds. The van der Waals surface area contributed by atoms with E-state index in [9.17, 15) is 4.79 Å². The van der Waals surface area contributed by atoms with E-state index in [0.29, 0.717) is 5.82 Å². The summed E-state index contributed by atoms with van der Waals surface area (Å²) in [6.07, 6.45) is 3.15. The van der Waals surface area contributed by atoms with Crippen LogP contribution in [0.25, 0.3) is 0 Å². The van der Waals surface area contributed by atoms with E-state index in [0.717, 1.165) is 12.2 Å². The molecule has 5 heteroatoms. The Hall–Kier alpha value is -3.08. The van der Waals surface area contributed by atoms with Gasteiger partial charge in [-0.25, -0.2) is 4.98 Å². The van der Waals surface area contributed by atoms with Gasteiger partial charge in [0.25, 0.3) is 5.91 Å². The molecule has 0 aliphatic rings. The van der Waals surface area contributed by atoms with Gasteiger partial charge in [0.1, 0.15) is 5.82 Å². The lowest BCUT2D eigenvalue weighted by atomic mass is 10.1. The third kappa shape index (κ3) is 3.97. The fraction of sp³-hybridized carbons (Fsp3) is 0.111. The standard InChI is InChI=1S/C18H17N3O2/c1-13-4-2-5-14(10-13)11-19-15-7-8-17(20-12-15)21-18(22)16-6-3-9-23-16/h2-10,12,19H,11H2,1H3,(H,20,21,22). The second kappa shape index (κ2) is 6.79. The number of nitrogens with zero attached hydrogens (tertiary/aromatic N) is 1. The summed E-state index contributed by atoms with van der Waals surface area (Å²) in [5.74, 6) is 0.420. The largest absolute Gasteiger partial charge is 0.459 e. The van der Waals surface area contributed by atoms with Crippen LogP contribution in [0.5, 0.6) is 0 Å². The molecular formula is C18H17N3O2. The van der Waals surface area contributed by atoms with Crippen molar-refractivity contribution in [2.45, 2.75) is 13.5 Å². The number of aryl methyl sites for hydroxylation is 1. The molecule has 3 aromatic rings. The Morgan fingerprint density at radius 1 is 1.17 bits per heavy atom. The molecule has 0 aliphatic heterocycles. The van der Waals surface area contributed by atoms with Crippen molar-refractivity contribution in [1.82, 2.24) is 4.98 Å². The number of benzene rings is 1. The lowest BCUT2D eigenvalue weighted by Gasteiger charge is -2.08. The van der Waals surface area contributed by atoms with Gasteiger partial charge in [-0.3, -0.25) is 4.79 Å². The molecule has 0 spiro atoms. The van der Waals surface area contributed by atoms with Crippen LogP contribution in [-0.2, 0) is 6.54 Å². The second-order valence-corrected chi connectivity index (χ2v) is 5.21. The first kappa shape index (κ1) is 14.8. The summed E-state index contributed by atoms with van der Waals surface area (Å²) < 4.78 is 5.04. The molecule has 0 radical (unpaired) electrons. The molecule has 2 aromatic heterocycles. The average molecular weight is 307 g/mol. The zero-order chi connectivity index (χ0) is 16.1. The summed E-state index contributed by atoms with van der Waals surface area (Å²) in [6.45, 7) is 2.79. The van der Waals surface area contributed by atoms with Crippen molar-refractivity contribution < 1.29 is 9.21 Å². The van der Waals surface area contributed by atoms with Crippen molar-refractivity contribution in [3.63, 3.8) is 0 Å². The molecule has 1 aromatic carbocycles. The van der Waals surface area contributed by atoms with E-state index in [1.165, 1.54) is 17.4 Å². The highest BCUT2D eigenvalue weighted by Gasteiger charge is 2.09. The van der Waals surface area contributed by atoms with Gasteiger partial charge in [0.15, 0.2) is 5.76 Å². The van der Waals surface area contributed by atoms with Crippen LogP contribution < -0.4 is 10.6 Å². The number of carbonyl (C=O) groups is 1. The predicted octanol–water partition coefficient (Wildman–Crippen LogP) is 3.85.